The number of para-hydroxylation sites is 1. The number of piperidine rings is 1. The number of ether oxygens (including phenoxy) is 1. The van der Waals surface area contributed by atoms with Crippen LogP contribution in [0, 0.1) is 17.3 Å². The Morgan fingerprint density at radius 2 is 2.11 bits per heavy atom. The molecule has 1 aromatic carbocycles. The predicted molar refractivity (Wildman–Crippen MR) is 143 cm³/mol. The smallest absolute Gasteiger partial charge is 0.464 e. The van der Waals surface area contributed by atoms with E-state index in [0.717, 1.165) is 35.8 Å². The van der Waals surface area contributed by atoms with E-state index >= 15 is 0 Å². The van der Waals surface area contributed by atoms with Gasteiger partial charge in [-0.15, -0.1) is 0 Å². The second kappa shape index (κ2) is 9.45. The van der Waals surface area contributed by atoms with Crippen molar-refractivity contribution in [2.75, 3.05) is 13.1 Å². The van der Waals surface area contributed by atoms with Crippen LogP contribution >= 0.6 is 0 Å². The monoisotopic (exact) mass is 520 g/mol. The summed E-state index contributed by atoms with van der Waals surface area (Å²) in [4.78, 5) is 26.9. The molecule has 2 saturated heterocycles. The summed E-state index contributed by atoms with van der Waals surface area (Å²) < 4.78 is 24.9. The maximum atomic E-state index is 13.2. The third-order valence-corrected chi connectivity index (χ3v) is 9.74. The SMILES string of the molecule is C=CC(=O)N1CCC[C@H](OC(=O)N[C@@H](Cc2coc3ccccc23)B2O[C@@H]3C[C@@H]4C[C@@H](C4(C)C)[C@]3(C)O2)C1. The van der Waals surface area contributed by atoms with Crippen LogP contribution in [0.1, 0.15) is 52.0 Å². The van der Waals surface area contributed by atoms with E-state index in [9.17, 15) is 9.59 Å². The van der Waals surface area contributed by atoms with Crippen LogP contribution in [0.15, 0.2) is 47.6 Å². The third kappa shape index (κ3) is 4.24. The topological polar surface area (TPSA) is 90.2 Å². The molecule has 6 atom stereocenters. The number of nitrogens with one attached hydrogen (secondary N) is 1. The van der Waals surface area contributed by atoms with Gasteiger partial charge >= 0.3 is 13.2 Å². The van der Waals surface area contributed by atoms with Gasteiger partial charge in [-0.3, -0.25) is 4.79 Å². The summed E-state index contributed by atoms with van der Waals surface area (Å²) in [5.41, 5.74) is 1.61. The lowest BCUT2D eigenvalue weighted by molar-refractivity contribution is -0.199. The number of hydrogen-bond acceptors (Lipinski definition) is 6. The van der Waals surface area contributed by atoms with Crippen LogP contribution in [0.4, 0.5) is 4.79 Å². The van der Waals surface area contributed by atoms with Gasteiger partial charge < -0.3 is 28.7 Å². The number of carbonyl (C=O) groups excluding carboxylic acids is 2. The summed E-state index contributed by atoms with van der Waals surface area (Å²) in [5, 5.41) is 4.07. The van der Waals surface area contributed by atoms with Crippen LogP contribution in [-0.4, -0.2) is 60.9 Å². The third-order valence-electron chi connectivity index (χ3n) is 9.74. The predicted octanol–water partition coefficient (Wildman–Crippen LogP) is 4.51. The summed E-state index contributed by atoms with van der Waals surface area (Å²) >= 11 is 0. The van der Waals surface area contributed by atoms with Gasteiger partial charge in [0.25, 0.3) is 0 Å². The highest BCUT2D eigenvalue weighted by atomic mass is 16.7. The Bertz CT molecular complexity index is 1240. The minimum Gasteiger partial charge on any atom is -0.464 e. The molecule has 5 fully saturated rings. The number of amides is 2. The van der Waals surface area contributed by atoms with E-state index in [1.165, 1.54) is 6.08 Å². The molecule has 2 aliphatic heterocycles. The zero-order valence-electron chi connectivity index (χ0n) is 22.5. The number of furan rings is 1. The van der Waals surface area contributed by atoms with Crippen molar-refractivity contribution in [2.45, 2.75) is 76.6 Å². The highest BCUT2D eigenvalue weighted by Crippen LogP contribution is 2.65. The average Bonchev–Trinajstić information content (AvgIpc) is 3.48. The molecule has 7 rings (SSSR count). The number of fused-ring (bicyclic) bond motifs is 1. The molecular formula is C29H37BN2O6. The van der Waals surface area contributed by atoms with Crippen LogP contribution in [-0.2, 0) is 25.3 Å². The fraction of sp³-hybridized carbons (Fsp3) is 0.586. The van der Waals surface area contributed by atoms with Gasteiger partial charge in [0.05, 0.1) is 30.5 Å². The zero-order chi connectivity index (χ0) is 26.7. The van der Waals surface area contributed by atoms with Crippen molar-refractivity contribution in [3.05, 3.63) is 48.7 Å². The quantitative estimate of drug-likeness (QED) is 0.445. The van der Waals surface area contributed by atoms with Gasteiger partial charge in [-0.2, -0.15) is 0 Å². The fourth-order valence-corrected chi connectivity index (χ4v) is 7.41. The standard InChI is InChI=1S/C29H37BN2O6/c1-5-26(33)32-12-8-9-20(16-32)36-27(34)31-25(13-18-17-35-22-11-7-6-10-21(18)22)30-37-24-15-19-14-23(28(19,2)3)29(24,4)38-30/h5-7,10-11,17,19-20,23-25H,1,8-9,12-16H2,2-4H3,(H,31,34)/t19-,20-,23-,24+,25-,29-/m0/s1. The number of hydrogen-bond donors (Lipinski definition) is 1. The number of carbonyl (C=O) groups is 2. The lowest BCUT2D eigenvalue weighted by Crippen LogP contribution is -2.65. The Labute approximate surface area is 224 Å². The summed E-state index contributed by atoms with van der Waals surface area (Å²) in [6.07, 6.45) is 6.23. The average molecular weight is 520 g/mol. The van der Waals surface area contributed by atoms with E-state index in [1.54, 1.807) is 11.2 Å². The van der Waals surface area contributed by atoms with E-state index in [-0.39, 0.29) is 29.1 Å². The van der Waals surface area contributed by atoms with Crippen LogP contribution in [0.3, 0.4) is 0 Å². The van der Waals surface area contributed by atoms with Crippen molar-refractivity contribution in [2.24, 2.45) is 17.3 Å². The van der Waals surface area contributed by atoms with Crippen molar-refractivity contribution in [1.82, 2.24) is 10.2 Å². The minimum absolute atomic E-state index is 0.00232. The minimum atomic E-state index is -0.605. The molecule has 5 aliphatic rings. The molecule has 1 aromatic heterocycles. The number of rotatable bonds is 6. The van der Waals surface area contributed by atoms with Crippen molar-refractivity contribution in [1.29, 1.82) is 0 Å². The highest BCUT2D eigenvalue weighted by molar-refractivity contribution is 6.48. The molecule has 3 saturated carbocycles. The fourth-order valence-electron chi connectivity index (χ4n) is 7.41. The molecule has 2 bridgehead atoms. The normalized spacial score (nSPS) is 32.3. The van der Waals surface area contributed by atoms with E-state index in [0.29, 0.717) is 37.8 Å². The van der Waals surface area contributed by atoms with Gasteiger partial charge in [-0.25, -0.2) is 4.79 Å². The molecule has 2 amide bonds. The molecule has 38 heavy (non-hydrogen) atoms. The van der Waals surface area contributed by atoms with Gasteiger partial charge in [-0.05, 0) is 74.0 Å². The van der Waals surface area contributed by atoms with Crippen LogP contribution in [0.2, 0.25) is 0 Å². The van der Waals surface area contributed by atoms with E-state index < -0.39 is 19.2 Å². The highest BCUT2D eigenvalue weighted by Gasteiger charge is 2.68. The van der Waals surface area contributed by atoms with Gasteiger partial charge in [-0.1, -0.05) is 38.6 Å². The van der Waals surface area contributed by atoms with Crippen LogP contribution < -0.4 is 5.32 Å². The number of likely N-dealkylation sites (tertiary alicyclic amines) is 1. The first-order valence-corrected chi connectivity index (χ1v) is 13.9. The molecule has 3 heterocycles. The number of nitrogens with zero attached hydrogens (tertiary/aromatic N) is 1. The Kier molecular flexibility index (Phi) is 6.34. The first-order chi connectivity index (χ1) is 18.2. The first-order valence-electron chi connectivity index (χ1n) is 13.9. The molecule has 9 heteroatoms. The second-order valence-corrected chi connectivity index (χ2v) is 12.2. The molecule has 8 nitrogen and oxygen atoms in total. The van der Waals surface area contributed by atoms with Crippen molar-refractivity contribution in [3.63, 3.8) is 0 Å². The number of alkyl carbamates (subject to hydrolysis) is 1. The van der Waals surface area contributed by atoms with Crippen molar-refractivity contribution in [3.8, 4) is 0 Å². The largest absolute Gasteiger partial charge is 0.482 e. The van der Waals surface area contributed by atoms with E-state index in [2.05, 4.69) is 32.7 Å². The summed E-state index contributed by atoms with van der Waals surface area (Å²) in [6, 6.07) is 7.87. The maximum absolute atomic E-state index is 13.2. The Balaban J connectivity index is 1.20. The Morgan fingerprint density at radius 3 is 2.89 bits per heavy atom. The summed E-state index contributed by atoms with van der Waals surface area (Å²) in [5.74, 6) is 0.436. The van der Waals surface area contributed by atoms with E-state index in [4.69, 9.17) is 18.5 Å². The lowest BCUT2D eigenvalue weighted by atomic mass is 9.43. The van der Waals surface area contributed by atoms with Gasteiger partial charge in [0.2, 0.25) is 5.91 Å². The first kappa shape index (κ1) is 25.5. The second-order valence-electron chi connectivity index (χ2n) is 12.2. The Hall–Kier alpha value is -2.78. The van der Waals surface area contributed by atoms with Crippen molar-refractivity contribution < 1.29 is 28.1 Å². The molecule has 2 aromatic rings. The maximum Gasteiger partial charge on any atom is 0.482 e. The lowest BCUT2D eigenvalue weighted by Gasteiger charge is -2.64. The molecule has 202 valence electrons. The van der Waals surface area contributed by atoms with Gasteiger partial charge in [0.15, 0.2) is 0 Å². The van der Waals surface area contributed by atoms with Crippen LogP contribution in [0.5, 0.6) is 0 Å². The summed E-state index contributed by atoms with van der Waals surface area (Å²) in [7, 11) is -0.605. The molecule has 0 unspecified atom stereocenters. The summed E-state index contributed by atoms with van der Waals surface area (Å²) in [6.45, 7) is 11.4. The molecule has 0 radical (unpaired) electrons. The van der Waals surface area contributed by atoms with E-state index in [1.807, 2.05) is 24.3 Å². The van der Waals surface area contributed by atoms with Gasteiger partial charge in [0, 0.05) is 11.9 Å². The molecule has 3 aliphatic carbocycles. The zero-order valence-corrected chi connectivity index (χ0v) is 22.5. The number of benzene rings is 1. The molecule has 0 spiro atoms. The molecule has 1 N–H and O–H groups in total. The van der Waals surface area contributed by atoms with Crippen molar-refractivity contribution >= 4 is 30.1 Å². The molecular weight excluding hydrogens is 483 g/mol. The Morgan fingerprint density at radius 1 is 1.29 bits per heavy atom. The van der Waals surface area contributed by atoms with Gasteiger partial charge in [0.1, 0.15) is 11.7 Å². The van der Waals surface area contributed by atoms with Crippen LogP contribution in [0.25, 0.3) is 11.0 Å².